The van der Waals surface area contributed by atoms with Crippen molar-refractivity contribution in [3.63, 3.8) is 0 Å². The average molecular weight is 506 g/mol. The zero-order valence-electron chi connectivity index (χ0n) is 19.8. The van der Waals surface area contributed by atoms with Crippen LogP contribution in [0, 0.1) is 12.7 Å². The van der Waals surface area contributed by atoms with Crippen LogP contribution in [-0.2, 0) is 0 Å². The molecule has 0 bridgehead atoms. The number of alkyl halides is 3. The highest BCUT2D eigenvalue weighted by atomic mass is 19.4. The summed E-state index contributed by atoms with van der Waals surface area (Å²) in [5.41, 5.74) is 1.81. The fourth-order valence-electron chi connectivity index (χ4n) is 4.45. The molecule has 2 N–H and O–H groups in total. The van der Waals surface area contributed by atoms with Crippen molar-refractivity contribution in [3.05, 3.63) is 71.5 Å². The van der Waals surface area contributed by atoms with E-state index in [1.165, 1.54) is 27.8 Å². The number of hydrogen-bond donors (Lipinski definition) is 2. The summed E-state index contributed by atoms with van der Waals surface area (Å²) in [6.45, 7) is 2.84. The van der Waals surface area contributed by atoms with E-state index in [4.69, 9.17) is 4.74 Å². The normalized spacial score (nSPS) is 18.3. The summed E-state index contributed by atoms with van der Waals surface area (Å²) in [6, 6.07) is 13.6. The molecule has 2 aromatic carbocycles. The van der Waals surface area contributed by atoms with Gasteiger partial charge in [-0.3, -0.25) is 10.2 Å². The van der Waals surface area contributed by atoms with Crippen LogP contribution >= 0.6 is 0 Å². The van der Waals surface area contributed by atoms with Gasteiger partial charge in [0, 0.05) is 19.0 Å². The van der Waals surface area contributed by atoms with E-state index in [1.807, 2.05) is 37.3 Å². The molecule has 1 aliphatic heterocycles. The molecule has 0 aliphatic carbocycles. The van der Waals surface area contributed by atoms with Crippen LogP contribution in [0.2, 0.25) is 0 Å². The number of anilines is 1. The van der Waals surface area contributed by atoms with E-state index in [-0.39, 0.29) is 13.1 Å². The van der Waals surface area contributed by atoms with Gasteiger partial charge < -0.3 is 10.1 Å². The molecule has 1 fully saturated rings. The zero-order chi connectivity index (χ0) is 25.9. The van der Waals surface area contributed by atoms with Crippen molar-refractivity contribution in [2.75, 3.05) is 31.6 Å². The van der Waals surface area contributed by atoms with Gasteiger partial charge in [0.15, 0.2) is 0 Å². The summed E-state index contributed by atoms with van der Waals surface area (Å²) < 4.78 is 60.2. The molecule has 0 saturated carbocycles. The third kappa shape index (κ3) is 5.96. The minimum atomic E-state index is -4.39. The Bertz CT molecular complexity index is 1200. The lowest BCUT2D eigenvalue weighted by molar-refractivity contribution is -0.143. The van der Waals surface area contributed by atoms with Crippen LogP contribution in [0.15, 0.2) is 54.6 Å². The van der Waals surface area contributed by atoms with Gasteiger partial charge in [0.25, 0.3) is 0 Å². The molecular formula is C25H27F4N5O2. The van der Waals surface area contributed by atoms with Crippen LogP contribution in [0.1, 0.15) is 24.0 Å². The maximum atomic E-state index is 13.9. The van der Waals surface area contributed by atoms with Crippen molar-refractivity contribution in [1.29, 1.82) is 0 Å². The summed E-state index contributed by atoms with van der Waals surface area (Å²) in [6.07, 6.45) is -4.39. The molecule has 7 nitrogen and oxygen atoms in total. The molecule has 0 spiro atoms. The molecule has 36 heavy (non-hydrogen) atoms. The maximum absolute atomic E-state index is 13.9. The standard InChI is InChI=1S/C25H27F4N5O2/c1-3-36-23-16(2)22(34(32-23)19-10-5-4-6-11-19)31-24(35)30-21-14-33(15-25(27,28)29)13-20(21)17-8-7-9-18(26)12-17/h4-12,20-21H,3,13-15H2,1-2H3,(H2,30,31,35)/t20-,21+/m1/s1. The van der Waals surface area contributed by atoms with Crippen LogP contribution in [0.3, 0.4) is 0 Å². The third-order valence-corrected chi connectivity index (χ3v) is 5.98. The number of likely N-dealkylation sites (tertiary alicyclic amines) is 1. The second kappa shape index (κ2) is 10.6. The van der Waals surface area contributed by atoms with Crippen LogP contribution in [0.25, 0.3) is 5.69 Å². The van der Waals surface area contributed by atoms with E-state index in [0.29, 0.717) is 35.1 Å². The van der Waals surface area contributed by atoms with Crippen LogP contribution < -0.4 is 15.4 Å². The smallest absolute Gasteiger partial charge is 0.401 e. The highest BCUT2D eigenvalue weighted by Gasteiger charge is 2.40. The predicted octanol–water partition coefficient (Wildman–Crippen LogP) is 4.87. The lowest BCUT2D eigenvalue weighted by Crippen LogP contribution is -2.43. The Morgan fingerprint density at radius 1 is 1.14 bits per heavy atom. The minimum Gasteiger partial charge on any atom is -0.477 e. The number of ether oxygens (including phenoxy) is 1. The van der Waals surface area contributed by atoms with Crippen molar-refractivity contribution >= 4 is 11.8 Å². The van der Waals surface area contributed by atoms with E-state index in [9.17, 15) is 22.4 Å². The monoisotopic (exact) mass is 505 g/mol. The van der Waals surface area contributed by atoms with Gasteiger partial charge in [-0.15, -0.1) is 5.10 Å². The highest BCUT2D eigenvalue weighted by molar-refractivity contribution is 5.90. The van der Waals surface area contributed by atoms with Gasteiger partial charge in [-0.25, -0.2) is 13.9 Å². The number of halogens is 4. The SMILES string of the molecule is CCOc1nn(-c2ccccc2)c(NC(=O)N[C@H]2CN(CC(F)(F)F)C[C@@H]2c2cccc(F)c2)c1C. The lowest BCUT2D eigenvalue weighted by atomic mass is 9.94. The Morgan fingerprint density at radius 3 is 2.56 bits per heavy atom. The third-order valence-electron chi connectivity index (χ3n) is 5.98. The summed E-state index contributed by atoms with van der Waals surface area (Å²) in [4.78, 5) is 14.3. The van der Waals surface area contributed by atoms with Crippen molar-refractivity contribution < 1.29 is 27.1 Å². The van der Waals surface area contributed by atoms with Crippen molar-refractivity contribution in [2.24, 2.45) is 0 Å². The number of carbonyl (C=O) groups excluding carboxylic acids is 1. The highest BCUT2D eigenvalue weighted by Crippen LogP contribution is 2.32. The number of para-hydroxylation sites is 1. The first-order chi connectivity index (χ1) is 17.1. The molecule has 2 heterocycles. The average Bonchev–Trinajstić information content (AvgIpc) is 3.34. The van der Waals surface area contributed by atoms with E-state index in [0.717, 1.165) is 0 Å². The van der Waals surface area contributed by atoms with Crippen LogP contribution in [0.5, 0.6) is 5.88 Å². The molecule has 1 aromatic heterocycles. The first-order valence-corrected chi connectivity index (χ1v) is 11.5. The number of nitrogens with one attached hydrogen (secondary N) is 2. The Hall–Kier alpha value is -3.60. The quantitative estimate of drug-likeness (QED) is 0.450. The van der Waals surface area contributed by atoms with Gasteiger partial charge in [0.1, 0.15) is 11.6 Å². The minimum absolute atomic E-state index is 0.0311. The van der Waals surface area contributed by atoms with Gasteiger partial charge in [0.05, 0.1) is 30.4 Å². The molecule has 1 aliphatic rings. The molecule has 11 heteroatoms. The van der Waals surface area contributed by atoms with E-state index < -0.39 is 36.5 Å². The first kappa shape index (κ1) is 25.5. The summed E-state index contributed by atoms with van der Waals surface area (Å²) in [5, 5.41) is 10.0. The van der Waals surface area contributed by atoms with E-state index in [1.54, 1.807) is 13.0 Å². The molecular weight excluding hydrogens is 478 g/mol. The zero-order valence-corrected chi connectivity index (χ0v) is 19.8. The van der Waals surface area contributed by atoms with Gasteiger partial charge in [-0.1, -0.05) is 30.3 Å². The van der Waals surface area contributed by atoms with Crippen molar-refractivity contribution in [2.45, 2.75) is 32.0 Å². The molecule has 2 atom stereocenters. The van der Waals surface area contributed by atoms with Gasteiger partial charge in [-0.05, 0) is 43.7 Å². The Kier molecular flexibility index (Phi) is 7.48. The van der Waals surface area contributed by atoms with Gasteiger partial charge in [0.2, 0.25) is 5.88 Å². The fraction of sp³-hybridized carbons (Fsp3) is 0.360. The topological polar surface area (TPSA) is 71.4 Å². The van der Waals surface area contributed by atoms with Crippen molar-refractivity contribution in [1.82, 2.24) is 20.0 Å². The Labute approximate surface area is 206 Å². The number of rotatable bonds is 7. The van der Waals surface area contributed by atoms with E-state index >= 15 is 0 Å². The molecule has 4 rings (SSSR count). The first-order valence-electron chi connectivity index (χ1n) is 11.5. The van der Waals surface area contributed by atoms with Gasteiger partial charge in [-0.2, -0.15) is 13.2 Å². The number of aromatic nitrogens is 2. The molecule has 192 valence electrons. The largest absolute Gasteiger partial charge is 0.477 e. The fourth-order valence-corrected chi connectivity index (χ4v) is 4.45. The Balaban J connectivity index is 1.57. The summed E-state index contributed by atoms with van der Waals surface area (Å²) in [5.74, 6) is -0.287. The second-order valence-corrected chi connectivity index (χ2v) is 8.63. The van der Waals surface area contributed by atoms with E-state index in [2.05, 4.69) is 15.7 Å². The number of benzene rings is 2. The molecule has 0 unspecified atom stereocenters. The predicted molar refractivity (Wildman–Crippen MR) is 127 cm³/mol. The molecule has 0 radical (unpaired) electrons. The van der Waals surface area contributed by atoms with Gasteiger partial charge >= 0.3 is 12.2 Å². The van der Waals surface area contributed by atoms with Crippen LogP contribution in [0.4, 0.5) is 28.2 Å². The number of hydrogen-bond acceptors (Lipinski definition) is 4. The molecule has 3 aromatic rings. The molecule has 1 saturated heterocycles. The number of nitrogens with zero attached hydrogens (tertiary/aromatic N) is 3. The van der Waals surface area contributed by atoms with Crippen molar-refractivity contribution in [3.8, 4) is 11.6 Å². The second-order valence-electron chi connectivity index (χ2n) is 8.63. The summed E-state index contributed by atoms with van der Waals surface area (Å²) in [7, 11) is 0. The maximum Gasteiger partial charge on any atom is 0.401 e. The lowest BCUT2D eigenvalue weighted by Gasteiger charge is -2.21. The van der Waals surface area contributed by atoms with Crippen LogP contribution in [-0.4, -0.2) is 59.2 Å². The Morgan fingerprint density at radius 2 is 1.89 bits per heavy atom. The number of urea groups is 1. The molecule has 2 amide bonds. The summed E-state index contributed by atoms with van der Waals surface area (Å²) >= 11 is 0. The number of carbonyl (C=O) groups is 1. The number of amides is 2.